The number of amides is 1. The molecule has 5 nitrogen and oxygen atoms in total. The van der Waals surface area contributed by atoms with Crippen LogP contribution in [-0.2, 0) is 14.3 Å². The molecule has 6 heteroatoms. The van der Waals surface area contributed by atoms with E-state index in [0.717, 1.165) is 62.8 Å². The summed E-state index contributed by atoms with van der Waals surface area (Å²) >= 11 is 0. The van der Waals surface area contributed by atoms with Crippen molar-refractivity contribution < 1.29 is 18.7 Å². The van der Waals surface area contributed by atoms with Gasteiger partial charge in [-0.1, -0.05) is 62.8 Å². The lowest BCUT2D eigenvalue weighted by Crippen LogP contribution is -2.50. The smallest absolute Gasteiger partial charge is 0.220 e. The van der Waals surface area contributed by atoms with Crippen molar-refractivity contribution in [2.45, 2.75) is 91.6 Å². The molecule has 0 radical (unpaired) electrons. The maximum atomic E-state index is 13.7. The van der Waals surface area contributed by atoms with Crippen LogP contribution in [0.3, 0.4) is 0 Å². The van der Waals surface area contributed by atoms with Crippen LogP contribution >= 0.6 is 0 Å². The fourth-order valence-corrected chi connectivity index (χ4v) is 5.71. The number of carbonyl (C=O) groups is 1. The van der Waals surface area contributed by atoms with Gasteiger partial charge in [0.1, 0.15) is 5.82 Å². The van der Waals surface area contributed by atoms with Crippen LogP contribution < -0.4 is 5.32 Å². The van der Waals surface area contributed by atoms with Gasteiger partial charge < -0.3 is 14.8 Å². The first kappa shape index (κ1) is 36.2. The number of carbonyl (C=O) groups excluding carboxylic acids is 1. The van der Waals surface area contributed by atoms with Crippen molar-refractivity contribution in [2.75, 3.05) is 33.9 Å². The third kappa shape index (κ3) is 12.7. The van der Waals surface area contributed by atoms with Crippen molar-refractivity contribution in [1.29, 1.82) is 0 Å². The van der Waals surface area contributed by atoms with E-state index in [0.29, 0.717) is 19.1 Å². The number of rotatable bonds is 13. The Kier molecular flexibility index (Phi) is 16.9. The molecule has 3 unspecified atom stereocenters. The lowest BCUT2D eigenvalue weighted by Gasteiger charge is -2.40. The van der Waals surface area contributed by atoms with Crippen molar-refractivity contribution in [3.8, 4) is 0 Å². The number of allylic oxidation sites excluding steroid dienone is 7. The quantitative estimate of drug-likeness (QED) is 0.184. The molecule has 3 atom stereocenters. The Morgan fingerprint density at radius 2 is 1.95 bits per heavy atom. The number of methoxy groups -OCH3 is 1. The first-order valence-electron chi connectivity index (χ1n) is 16.0. The highest BCUT2D eigenvalue weighted by molar-refractivity contribution is 5.78. The van der Waals surface area contributed by atoms with E-state index >= 15 is 0 Å². The molecule has 43 heavy (non-hydrogen) atoms. The van der Waals surface area contributed by atoms with Gasteiger partial charge >= 0.3 is 0 Å². The van der Waals surface area contributed by atoms with Gasteiger partial charge in [-0.05, 0) is 98.8 Å². The fourth-order valence-electron chi connectivity index (χ4n) is 5.71. The zero-order valence-electron chi connectivity index (χ0n) is 27.6. The van der Waals surface area contributed by atoms with Crippen LogP contribution in [-0.4, -0.2) is 56.8 Å². The number of hydrogen-bond donors (Lipinski definition) is 1. The topological polar surface area (TPSA) is 50.8 Å². The molecule has 1 aromatic carbocycles. The minimum absolute atomic E-state index is 0.114. The number of nitrogens with one attached hydrogen (secondary N) is 1. The minimum Gasteiger partial charge on any atom is -0.501 e. The van der Waals surface area contributed by atoms with Gasteiger partial charge in [0.2, 0.25) is 5.91 Å². The summed E-state index contributed by atoms with van der Waals surface area (Å²) in [5.74, 6) is 0.0122. The normalized spacial score (nSPS) is 21.5. The van der Waals surface area contributed by atoms with Gasteiger partial charge in [0.15, 0.2) is 0 Å². The highest BCUT2D eigenvalue weighted by Gasteiger charge is 2.30. The molecule has 3 rings (SSSR count). The highest BCUT2D eigenvalue weighted by Crippen LogP contribution is 2.30. The van der Waals surface area contributed by atoms with Crippen LogP contribution in [0.25, 0.3) is 5.57 Å². The molecule has 1 N–H and O–H groups in total. The molecule has 1 heterocycles. The van der Waals surface area contributed by atoms with E-state index in [1.807, 2.05) is 31.4 Å². The molecule has 1 aromatic rings. The molecule has 1 saturated heterocycles. The summed E-state index contributed by atoms with van der Waals surface area (Å²) in [6, 6.07) is 7.35. The number of halogens is 1. The standard InChI is InChI=1S/C35H49FN2O2.C2H6O/c1-6-9-14-31(27(5)26(4)25-40-8-3)24-38-19-18-33(23-34(38)12-7-2)37-35(39)21-28-13-10-15-29(20-28)30-16-11-17-32(36)22-30;1-3-2/h9-11,13-17,22,25,28,33-34H,6-8,12,18-21,23-24H2,1-5H3,(H,37,39);1-2H3/b14-9?,26-25+,31-27+;. The number of ether oxygens (including phenoxy) is 2. The van der Waals surface area contributed by atoms with Crippen LogP contribution in [0.4, 0.5) is 4.39 Å². The molecule has 1 fully saturated rings. The van der Waals surface area contributed by atoms with E-state index in [-0.39, 0.29) is 23.7 Å². The predicted molar refractivity (Wildman–Crippen MR) is 178 cm³/mol. The van der Waals surface area contributed by atoms with E-state index in [9.17, 15) is 9.18 Å². The maximum Gasteiger partial charge on any atom is 0.220 e. The molecule has 1 aliphatic carbocycles. The number of piperidine rings is 1. The summed E-state index contributed by atoms with van der Waals surface area (Å²) in [6.45, 7) is 13.3. The monoisotopic (exact) mass is 594 g/mol. The lowest BCUT2D eigenvalue weighted by molar-refractivity contribution is -0.122. The van der Waals surface area contributed by atoms with E-state index in [1.165, 1.54) is 22.8 Å². The Labute approximate surface area is 260 Å². The Hall–Kier alpha value is -2.96. The largest absolute Gasteiger partial charge is 0.501 e. The second-order valence-corrected chi connectivity index (χ2v) is 11.6. The lowest BCUT2D eigenvalue weighted by atomic mass is 9.87. The predicted octanol–water partition coefficient (Wildman–Crippen LogP) is 8.41. The first-order valence-corrected chi connectivity index (χ1v) is 16.0. The van der Waals surface area contributed by atoms with Crippen LogP contribution in [0.1, 0.15) is 85.1 Å². The van der Waals surface area contributed by atoms with Crippen molar-refractivity contribution in [3.63, 3.8) is 0 Å². The van der Waals surface area contributed by atoms with Gasteiger partial charge in [0.05, 0.1) is 12.9 Å². The SMILES string of the molecule is CCC=C/C(CN1CCC(NC(=O)CC2C=CC=C(c3cccc(F)c3)C2)CC1CCC)=C(C)\C(C)=C\OCC.COC. The highest BCUT2D eigenvalue weighted by atomic mass is 19.1. The minimum atomic E-state index is -0.230. The van der Waals surface area contributed by atoms with Gasteiger partial charge in [-0.2, -0.15) is 0 Å². The second-order valence-electron chi connectivity index (χ2n) is 11.6. The third-order valence-corrected chi connectivity index (χ3v) is 8.06. The summed E-state index contributed by atoms with van der Waals surface area (Å²) < 4.78 is 23.5. The van der Waals surface area contributed by atoms with Gasteiger partial charge in [0.25, 0.3) is 0 Å². The van der Waals surface area contributed by atoms with E-state index in [2.05, 4.69) is 60.9 Å². The second kappa shape index (κ2) is 20.1. The van der Waals surface area contributed by atoms with Crippen LogP contribution in [0.5, 0.6) is 0 Å². The fraction of sp³-hybridized carbons (Fsp3) is 0.541. The zero-order valence-corrected chi connectivity index (χ0v) is 27.6. The molecule has 2 aliphatic rings. The van der Waals surface area contributed by atoms with Crippen LogP contribution in [0.2, 0.25) is 0 Å². The summed E-state index contributed by atoms with van der Waals surface area (Å²) in [5, 5.41) is 3.36. The van der Waals surface area contributed by atoms with E-state index in [1.54, 1.807) is 26.4 Å². The molecule has 1 amide bonds. The third-order valence-electron chi connectivity index (χ3n) is 8.06. The molecule has 0 spiro atoms. The summed E-state index contributed by atoms with van der Waals surface area (Å²) in [5.41, 5.74) is 5.75. The molecule has 238 valence electrons. The van der Waals surface area contributed by atoms with E-state index < -0.39 is 0 Å². The van der Waals surface area contributed by atoms with Crippen molar-refractivity contribution in [2.24, 2.45) is 5.92 Å². The van der Waals surface area contributed by atoms with Crippen LogP contribution in [0.15, 0.2) is 77.6 Å². The van der Waals surface area contributed by atoms with Gasteiger partial charge in [-0.15, -0.1) is 0 Å². The Bertz CT molecular complexity index is 1150. The molecule has 0 saturated carbocycles. The number of nitrogens with zero attached hydrogens (tertiary/aromatic N) is 1. The molecule has 0 aromatic heterocycles. The summed E-state index contributed by atoms with van der Waals surface area (Å²) in [7, 11) is 3.25. The van der Waals surface area contributed by atoms with Gasteiger partial charge in [-0.25, -0.2) is 4.39 Å². The molecular formula is C37H55FN2O3. The first-order chi connectivity index (χ1) is 20.8. The van der Waals surface area contributed by atoms with Crippen molar-refractivity contribution >= 4 is 11.5 Å². The molecular weight excluding hydrogens is 539 g/mol. The van der Waals surface area contributed by atoms with Gasteiger partial charge in [0, 0.05) is 45.8 Å². The molecule has 1 aliphatic heterocycles. The number of hydrogen-bond acceptors (Lipinski definition) is 4. The average molecular weight is 595 g/mol. The van der Waals surface area contributed by atoms with Crippen molar-refractivity contribution in [1.82, 2.24) is 10.2 Å². The Morgan fingerprint density at radius 1 is 1.19 bits per heavy atom. The number of benzene rings is 1. The maximum absolute atomic E-state index is 13.7. The zero-order chi connectivity index (χ0) is 31.6. The Balaban J connectivity index is 0.00000206. The van der Waals surface area contributed by atoms with Gasteiger partial charge in [-0.3, -0.25) is 9.69 Å². The van der Waals surface area contributed by atoms with Crippen LogP contribution in [0, 0.1) is 11.7 Å². The average Bonchev–Trinajstić information content (AvgIpc) is 2.99. The molecule has 0 bridgehead atoms. The summed E-state index contributed by atoms with van der Waals surface area (Å²) in [4.78, 5) is 15.7. The number of likely N-dealkylation sites (tertiary alicyclic amines) is 1. The van der Waals surface area contributed by atoms with Crippen molar-refractivity contribution in [3.05, 3.63) is 89.0 Å². The summed E-state index contributed by atoms with van der Waals surface area (Å²) in [6.07, 6.45) is 18.9. The Morgan fingerprint density at radius 3 is 2.63 bits per heavy atom. The van der Waals surface area contributed by atoms with E-state index in [4.69, 9.17) is 4.74 Å².